The maximum atomic E-state index is 11.9. The molecule has 0 aliphatic carbocycles. The van der Waals surface area contributed by atoms with E-state index in [1.54, 1.807) is 11.0 Å². The fourth-order valence-corrected chi connectivity index (χ4v) is 2.40. The average Bonchev–Trinajstić information content (AvgIpc) is 2.84. The van der Waals surface area contributed by atoms with Gasteiger partial charge in [0.1, 0.15) is 6.04 Å². The zero-order chi connectivity index (χ0) is 12.0. The van der Waals surface area contributed by atoms with E-state index < -0.39 is 0 Å². The Morgan fingerprint density at radius 1 is 1.47 bits per heavy atom. The lowest BCUT2D eigenvalue weighted by Crippen LogP contribution is -2.24. The maximum absolute atomic E-state index is 11.9. The van der Waals surface area contributed by atoms with Crippen LogP contribution in [0, 0.1) is 0 Å². The molecule has 2 aromatic heterocycles. The molecule has 1 aliphatic rings. The van der Waals surface area contributed by atoms with Crippen molar-refractivity contribution in [2.24, 2.45) is 0 Å². The molecule has 3 heterocycles. The molecule has 1 saturated heterocycles. The highest BCUT2D eigenvalue weighted by molar-refractivity contribution is 6.29. The molecule has 0 spiro atoms. The molecular formula is C11H11ClN4O. The number of likely N-dealkylation sites (N-methyl/N-ethyl adjacent to an activating group) is 1. The Kier molecular flexibility index (Phi) is 2.29. The zero-order valence-corrected chi connectivity index (χ0v) is 10.1. The van der Waals surface area contributed by atoms with Crippen LogP contribution in [0.25, 0.3) is 11.0 Å². The summed E-state index contributed by atoms with van der Waals surface area (Å²) >= 11 is 5.78. The number of carbonyl (C=O) groups excluding carboxylic acids is 1. The van der Waals surface area contributed by atoms with E-state index in [0.717, 1.165) is 18.4 Å². The molecule has 0 aromatic carbocycles. The largest absolute Gasteiger partial charge is 0.344 e. The number of fused-ring (bicyclic) bond motifs is 1. The number of carbonyl (C=O) groups is 1. The Hall–Kier alpha value is -1.62. The number of likely N-dealkylation sites (tertiary alicyclic amines) is 1. The van der Waals surface area contributed by atoms with Gasteiger partial charge in [-0.15, -0.1) is 10.2 Å². The minimum atomic E-state index is -0.159. The molecule has 1 atom stereocenters. The van der Waals surface area contributed by atoms with Crippen LogP contribution in [0.1, 0.15) is 12.5 Å². The van der Waals surface area contributed by atoms with Crippen molar-refractivity contribution < 1.29 is 4.79 Å². The fourth-order valence-electron chi connectivity index (χ4n) is 2.24. The van der Waals surface area contributed by atoms with Gasteiger partial charge in [0, 0.05) is 25.2 Å². The highest BCUT2D eigenvalue weighted by Gasteiger charge is 2.31. The summed E-state index contributed by atoms with van der Waals surface area (Å²) in [6.45, 7) is 0.782. The van der Waals surface area contributed by atoms with Gasteiger partial charge in [0.25, 0.3) is 0 Å². The Morgan fingerprint density at radius 2 is 2.29 bits per heavy atom. The van der Waals surface area contributed by atoms with Crippen LogP contribution in [0.3, 0.4) is 0 Å². The highest BCUT2D eigenvalue weighted by atomic mass is 35.5. The summed E-state index contributed by atoms with van der Waals surface area (Å²) in [7, 11) is 1.82. The van der Waals surface area contributed by atoms with Crippen molar-refractivity contribution in [1.29, 1.82) is 0 Å². The number of halogens is 1. The van der Waals surface area contributed by atoms with Crippen molar-refractivity contribution in [3.05, 3.63) is 23.5 Å². The molecule has 0 saturated carbocycles. The van der Waals surface area contributed by atoms with Gasteiger partial charge in [-0.1, -0.05) is 11.6 Å². The van der Waals surface area contributed by atoms with Gasteiger partial charge in [0.05, 0.1) is 0 Å². The van der Waals surface area contributed by atoms with E-state index in [1.165, 1.54) is 0 Å². The molecule has 0 unspecified atom stereocenters. The van der Waals surface area contributed by atoms with Gasteiger partial charge in [-0.2, -0.15) is 0 Å². The SMILES string of the molecule is CN1CC[C@@H](n2ccc3cc(Cl)nnc32)C1=O. The third kappa shape index (κ3) is 1.58. The molecular weight excluding hydrogens is 240 g/mol. The summed E-state index contributed by atoms with van der Waals surface area (Å²) in [5, 5.41) is 9.16. The lowest BCUT2D eigenvalue weighted by Gasteiger charge is -2.12. The Bertz CT molecular complexity index is 594. The van der Waals surface area contributed by atoms with Crippen molar-refractivity contribution in [2.45, 2.75) is 12.5 Å². The molecule has 1 aliphatic heterocycles. The lowest BCUT2D eigenvalue weighted by atomic mass is 10.2. The predicted molar refractivity (Wildman–Crippen MR) is 63.8 cm³/mol. The summed E-state index contributed by atoms with van der Waals surface area (Å²) in [6, 6.07) is 3.50. The summed E-state index contributed by atoms with van der Waals surface area (Å²) in [4.78, 5) is 13.7. The van der Waals surface area contributed by atoms with Gasteiger partial charge in [-0.05, 0) is 18.6 Å². The zero-order valence-electron chi connectivity index (χ0n) is 9.30. The van der Waals surface area contributed by atoms with E-state index in [-0.39, 0.29) is 11.9 Å². The summed E-state index contributed by atoms with van der Waals surface area (Å²) in [5.41, 5.74) is 0.711. The molecule has 1 fully saturated rings. The molecule has 88 valence electrons. The third-order valence-electron chi connectivity index (χ3n) is 3.17. The van der Waals surface area contributed by atoms with Gasteiger partial charge < -0.3 is 9.47 Å². The molecule has 5 nitrogen and oxygen atoms in total. The van der Waals surface area contributed by atoms with Crippen molar-refractivity contribution in [3.63, 3.8) is 0 Å². The van der Waals surface area contributed by atoms with Crippen molar-refractivity contribution in [3.8, 4) is 0 Å². The topological polar surface area (TPSA) is 51.0 Å². The molecule has 0 bridgehead atoms. The van der Waals surface area contributed by atoms with Crippen LogP contribution in [0.4, 0.5) is 0 Å². The number of hydrogen-bond acceptors (Lipinski definition) is 3. The van der Waals surface area contributed by atoms with E-state index in [9.17, 15) is 4.79 Å². The number of hydrogen-bond donors (Lipinski definition) is 0. The van der Waals surface area contributed by atoms with E-state index in [1.807, 2.05) is 23.9 Å². The smallest absolute Gasteiger partial charge is 0.245 e. The van der Waals surface area contributed by atoms with E-state index in [2.05, 4.69) is 10.2 Å². The van der Waals surface area contributed by atoms with Crippen LogP contribution in [0.15, 0.2) is 18.3 Å². The van der Waals surface area contributed by atoms with Crippen LogP contribution >= 0.6 is 11.6 Å². The van der Waals surface area contributed by atoms with Crippen molar-refractivity contribution in [2.75, 3.05) is 13.6 Å². The Balaban J connectivity index is 2.09. The molecule has 17 heavy (non-hydrogen) atoms. The summed E-state index contributed by atoms with van der Waals surface area (Å²) in [6.07, 6.45) is 2.68. The Labute approximate surface area is 103 Å². The maximum Gasteiger partial charge on any atom is 0.245 e. The first-order chi connectivity index (χ1) is 8.16. The first kappa shape index (κ1) is 10.5. The van der Waals surface area contributed by atoms with Gasteiger partial charge in [0.15, 0.2) is 10.8 Å². The predicted octanol–water partition coefficient (Wildman–Crippen LogP) is 1.49. The van der Waals surface area contributed by atoms with Crippen LogP contribution < -0.4 is 0 Å². The van der Waals surface area contributed by atoms with Crippen LogP contribution in [-0.2, 0) is 4.79 Å². The van der Waals surface area contributed by atoms with Gasteiger partial charge >= 0.3 is 0 Å². The first-order valence-corrected chi connectivity index (χ1v) is 5.79. The number of amides is 1. The quantitative estimate of drug-likeness (QED) is 0.771. The average molecular weight is 251 g/mol. The Morgan fingerprint density at radius 3 is 3.00 bits per heavy atom. The lowest BCUT2D eigenvalue weighted by molar-refractivity contribution is -0.129. The van der Waals surface area contributed by atoms with Gasteiger partial charge in [0.2, 0.25) is 5.91 Å². The number of nitrogens with zero attached hydrogens (tertiary/aromatic N) is 4. The monoisotopic (exact) mass is 250 g/mol. The second-order valence-corrected chi connectivity index (χ2v) is 4.62. The van der Waals surface area contributed by atoms with Crippen LogP contribution in [0.2, 0.25) is 5.15 Å². The first-order valence-electron chi connectivity index (χ1n) is 5.41. The summed E-state index contributed by atoms with van der Waals surface area (Å²) in [5.74, 6) is 0.124. The van der Waals surface area contributed by atoms with Crippen LogP contribution in [0.5, 0.6) is 0 Å². The van der Waals surface area contributed by atoms with Gasteiger partial charge in [-0.25, -0.2) is 0 Å². The van der Waals surface area contributed by atoms with E-state index in [4.69, 9.17) is 11.6 Å². The second-order valence-electron chi connectivity index (χ2n) is 4.23. The minimum absolute atomic E-state index is 0.124. The molecule has 0 radical (unpaired) electrons. The van der Waals surface area contributed by atoms with Gasteiger partial charge in [-0.3, -0.25) is 4.79 Å². The van der Waals surface area contributed by atoms with Crippen molar-refractivity contribution in [1.82, 2.24) is 19.7 Å². The summed E-state index contributed by atoms with van der Waals surface area (Å²) < 4.78 is 1.88. The molecule has 6 heteroatoms. The minimum Gasteiger partial charge on any atom is -0.344 e. The van der Waals surface area contributed by atoms with E-state index in [0.29, 0.717) is 10.8 Å². The standard InChI is InChI=1S/C11H11ClN4O/c1-15-4-3-8(11(15)17)16-5-2-7-6-9(12)13-14-10(7)16/h2,5-6,8H,3-4H2,1H3/t8-/m1/s1. The molecule has 3 rings (SSSR count). The van der Waals surface area contributed by atoms with Crippen molar-refractivity contribution >= 4 is 28.5 Å². The highest BCUT2D eigenvalue weighted by Crippen LogP contribution is 2.26. The number of rotatable bonds is 1. The normalized spacial score (nSPS) is 20.5. The number of aromatic nitrogens is 3. The fraction of sp³-hybridized carbons (Fsp3) is 0.364. The molecule has 0 N–H and O–H groups in total. The molecule has 2 aromatic rings. The third-order valence-corrected chi connectivity index (χ3v) is 3.35. The second kappa shape index (κ2) is 3.70. The van der Waals surface area contributed by atoms with Crippen LogP contribution in [-0.4, -0.2) is 39.2 Å². The molecule has 1 amide bonds. The van der Waals surface area contributed by atoms with E-state index >= 15 is 0 Å².